The third-order valence-electron chi connectivity index (χ3n) is 0. The van der Waals surface area contributed by atoms with E-state index < -0.39 is 13.6 Å². The van der Waals surface area contributed by atoms with E-state index in [1.165, 1.54) is 0 Å². The quantitative estimate of drug-likeness (QED) is 0.390. The molecule has 0 aromatic rings. The van der Waals surface area contributed by atoms with E-state index in [0.717, 1.165) is 0 Å². The zero-order valence-corrected chi connectivity index (χ0v) is 4.10. The van der Waals surface area contributed by atoms with Gasteiger partial charge in [0.05, 0.1) is 0 Å². The fourth-order valence-corrected chi connectivity index (χ4v) is 0. The summed E-state index contributed by atoms with van der Waals surface area (Å²) in [6, 6.07) is 0. The molecule has 0 aliphatic carbocycles. The van der Waals surface area contributed by atoms with E-state index >= 15 is 0 Å². The van der Waals surface area contributed by atoms with Crippen molar-refractivity contribution in [3.8, 4) is 0 Å². The molecule has 2 N–H and O–H groups in total. The molecule has 0 heterocycles. The van der Waals surface area contributed by atoms with Gasteiger partial charge in [0.15, 0.2) is 0 Å². The predicted octanol–water partition coefficient (Wildman–Crippen LogP) is -1.51. The second-order valence-corrected chi connectivity index (χ2v) is 1.85. The van der Waals surface area contributed by atoms with Crippen LogP contribution in [0.3, 0.4) is 0 Å². The summed E-state index contributed by atoms with van der Waals surface area (Å²) in [6.07, 6.45) is 0. The van der Waals surface area contributed by atoms with E-state index in [0.29, 0.717) is 0 Å². The van der Waals surface area contributed by atoms with E-state index in [-0.39, 0.29) is 13.0 Å². The normalized spacial score (nSPS) is 9.67. The first-order chi connectivity index (χ1) is 2.00. The molecule has 0 unspecified atom stereocenters. The summed E-state index contributed by atoms with van der Waals surface area (Å²) in [6.45, 7) is 0. The van der Waals surface area contributed by atoms with Gasteiger partial charge in [0.2, 0.25) is 0 Å². The predicted molar refractivity (Wildman–Crippen MR) is 13.8 cm³/mol. The molecule has 0 spiro atoms. The van der Waals surface area contributed by atoms with E-state index in [9.17, 15) is 0 Å². The molecule has 0 atom stereocenters. The van der Waals surface area contributed by atoms with Gasteiger partial charge in [0, 0.05) is 0 Å². The molecule has 4 nitrogen and oxygen atoms in total. The maximum absolute atomic E-state index is 8.82. The Kier molecular flexibility index (Phi) is 3.81. The SMILES string of the molecule is [Be+2].[H-].[H-].[O]=[Cr](=[O])([OH])[OH]. The van der Waals surface area contributed by atoms with Crippen molar-refractivity contribution >= 4 is 10.1 Å². The van der Waals surface area contributed by atoms with E-state index in [4.69, 9.17) is 15.9 Å². The fraction of sp³-hybridized carbons (Fsp3) is 0. The molecule has 0 fully saturated rings. The van der Waals surface area contributed by atoms with E-state index in [2.05, 4.69) is 0 Å². The summed E-state index contributed by atoms with van der Waals surface area (Å²) in [4.78, 5) is 0. The van der Waals surface area contributed by atoms with Crippen molar-refractivity contribution in [2.45, 2.75) is 0 Å². The van der Waals surface area contributed by atoms with Crippen LogP contribution in [-0.4, -0.2) is 18.4 Å². The van der Waals surface area contributed by atoms with Gasteiger partial charge in [-0.25, -0.2) is 0 Å². The molecule has 0 saturated heterocycles. The van der Waals surface area contributed by atoms with Crippen LogP contribution in [0.25, 0.3) is 0 Å². The molecule has 0 bridgehead atoms. The average Bonchev–Trinajstić information content (AvgIpc) is 0.722. The van der Waals surface area contributed by atoms with Crippen LogP contribution >= 0.6 is 0 Å². The third-order valence-corrected chi connectivity index (χ3v) is 0. The van der Waals surface area contributed by atoms with Gasteiger partial charge in [0.1, 0.15) is 0 Å². The fourth-order valence-electron chi connectivity index (χ4n) is 0. The van der Waals surface area contributed by atoms with Gasteiger partial charge >= 0.3 is 39.7 Å². The monoisotopic (exact) mass is 129 g/mol. The Bertz CT molecular complexity index is 97.2. The van der Waals surface area contributed by atoms with Crippen LogP contribution in [0, 0.1) is 0 Å². The molecular weight excluding hydrogens is 125 g/mol. The molecule has 0 aliphatic rings. The van der Waals surface area contributed by atoms with Gasteiger partial charge in [-0.3, -0.25) is 0 Å². The van der Waals surface area contributed by atoms with Crippen molar-refractivity contribution in [1.82, 2.24) is 0 Å². The van der Waals surface area contributed by atoms with Gasteiger partial charge in [-0.15, -0.1) is 0 Å². The van der Waals surface area contributed by atoms with Crippen LogP contribution in [0.15, 0.2) is 0 Å². The topological polar surface area (TPSA) is 74.6 Å². The van der Waals surface area contributed by atoms with Crippen molar-refractivity contribution in [3.05, 3.63) is 0 Å². The van der Waals surface area contributed by atoms with Gasteiger partial charge in [0.25, 0.3) is 0 Å². The molecule has 0 aromatic carbocycles. The van der Waals surface area contributed by atoms with Crippen LogP contribution in [0.5, 0.6) is 0 Å². The minimum absolute atomic E-state index is 0. The van der Waals surface area contributed by atoms with E-state index in [1.807, 2.05) is 0 Å². The molecule has 6 heavy (non-hydrogen) atoms. The van der Waals surface area contributed by atoms with Gasteiger partial charge in [-0.1, -0.05) is 0 Å². The Balaban J connectivity index is -0.0000000267. The van der Waals surface area contributed by atoms with Gasteiger partial charge in [-0.2, -0.15) is 0 Å². The van der Waals surface area contributed by atoms with Crippen LogP contribution in [-0.2, 0) is 21.2 Å². The zero-order chi connectivity index (χ0) is 4.50. The second-order valence-electron chi connectivity index (χ2n) is 0.448. The molecule has 6 heteroatoms. The van der Waals surface area contributed by atoms with Gasteiger partial charge < -0.3 is 2.85 Å². The molecule has 0 aromatic heterocycles. The number of hydrogen-bond donors (Lipinski definition) is 2. The first kappa shape index (κ1) is 9.52. The van der Waals surface area contributed by atoms with Crippen LogP contribution in [0.1, 0.15) is 2.85 Å². The van der Waals surface area contributed by atoms with Crippen molar-refractivity contribution in [2.75, 3.05) is 0 Å². The van der Waals surface area contributed by atoms with Crippen molar-refractivity contribution < 1.29 is 32.4 Å². The van der Waals surface area contributed by atoms with Crippen molar-refractivity contribution in [2.24, 2.45) is 0 Å². The summed E-state index contributed by atoms with van der Waals surface area (Å²) in [5.74, 6) is 0. The standard InChI is InChI=1S/Be.Cr.2H2O.2O.2H/h;;2*1H2;;;;/q2*+2;;;;;2*-1/p-2. The van der Waals surface area contributed by atoms with Crippen LogP contribution in [0.4, 0.5) is 0 Å². The molecule has 0 saturated carbocycles. The Morgan fingerprint density at radius 1 is 1.33 bits per heavy atom. The first-order valence-electron chi connectivity index (χ1n) is 0.698. The molecule has 0 amide bonds. The molecule has 36 valence electrons. The molecule has 0 radical (unpaired) electrons. The molecule has 0 rings (SSSR count). The number of hydrogen-bond acceptors (Lipinski definition) is 2. The molecule has 0 aliphatic heterocycles. The molecular formula is H4BeCrO4. The summed E-state index contributed by atoms with van der Waals surface area (Å²) >= 11 is -5.25. The average molecular weight is 129 g/mol. The maximum atomic E-state index is 8.82. The van der Waals surface area contributed by atoms with Gasteiger partial charge in [-0.05, 0) is 0 Å². The van der Waals surface area contributed by atoms with Crippen LogP contribution in [0.2, 0.25) is 0 Å². The summed E-state index contributed by atoms with van der Waals surface area (Å²) in [5.41, 5.74) is 0. The zero-order valence-electron chi connectivity index (χ0n) is 4.83. The first-order valence-corrected chi connectivity index (χ1v) is 2.88. The second kappa shape index (κ2) is 2.40. The minimum atomic E-state index is -5.25. The van der Waals surface area contributed by atoms with Crippen molar-refractivity contribution in [1.29, 1.82) is 0 Å². The third kappa shape index (κ3) is 894. The van der Waals surface area contributed by atoms with Crippen molar-refractivity contribution in [3.63, 3.8) is 0 Å². The Labute approximate surface area is 43.4 Å². The summed E-state index contributed by atoms with van der Waals surface area (Å²) in [5, 5.41) is 0. The van der Waals surface area contributed by atoms with E-state index in [1.54, 1.807) is 0 Å². The summed E-state index contributed by atoms with van der Waals surface area (Å²) < 4.78 is 31.9. The summed E-state index contributed by atoms with van der Waals surface area (Å²) in [7, 11) is 0. The Morgan fingerprint density at radius 3 is 1.33 bits per heavy atom. The van der Waals surface area contributed by atoms with Crippen LogP contribution < -0.4 is 0 Å². The number of rotatable bonds is 0. The Hall–Kier alpha value is 0.221. The Morgan fingerprint density at radius 2 is 1.33 bits per heavy atom.